The van der Waals surface area contributed by atoms with Crippen LogP contribution in [0.3, 0.4) is 0 Å². The quantitative estimate of drug-likeness (QED) is 0.692. The lowest BCUT2D eigenvalue weighted by molar-refractivity contribution is -0.176. The van der Waals surface area contributed by atoms with E-state index >= 15 is 0 Å². The highest BCUT2D eigenvalue weighted by molar-refractivity contribution is 5.13. The molecule has 5 heteroatoms. The van der Waals surface area contributed by atoms with E-state index in [2.05, 4.69) is 0 Å². The molecule has 24 heavy (non-hydrogen) atoms. The molecule has 136 valence electrons. The van der Waals surface area contributed by atoms with Crippen LogP contribution in [0.25, 0.3) is 0 Å². The van der Waals surface area contributed by atoms with Crippen LogP contribution in [0.15, 0.2) is 30.3 Å². The Morgan fingerprint density at radius 1 is 0.958 bits per heavy atom. The van der Waals surface area contributed by atoms with Gasteiger partial charge in [0.2, 0.25) is 0 Å². The monoisotopic (exact) mass is 338 g/mol. The summed E-state index contributed by atoms with van der Waals surface area (Å²) in [6.07, 6.45) is -0.996. The SMILES string of the molecule is CO[C@@H]1O[C@H](COCc2ccccc2)[C@@H](OC(C)C)[C@H]1OC(C)C. The van der Waals surface area contributed by atoms with Crippen molar-refractivity contribution in [2.75, 3.05) is 13.7 Å². The zero-order valence-corrected chi connectivity index (χ0v) is 15.3. The van der Waals surface area contributed by atoms with Crippen molar-refractivity contribution in [3.63, 3.8) is 0 Å². The second kappa shape index (κ2) is 9.49. The first kappa shape index (κ1) is 19.3. The fourth-order valence-corrected chi connectivity index (χ4v) is 2.82. The molecule has 5 nitrogen and oxygen atoms in total. The molecule has 0 saturated carbocycles. The van der Waals surface area contributed by atoms with Gasteiger partial charge < -0.3 is 23.7 Å². The second-order valence-electron chi connectivity index (χ2n) is 6.58. The van der Waals surface area contributed by atoms with Gasteiger partial charge in [-0.15, -0.1) is 0 Å². The molecule has 1 aromatic rings. The zero-order valence-electron chi connectivity index (χ0n) is 15.3. The van der Waals surface area contributed by atoms with Crippen molar-refractivity contribution in [1.29, 1.82) is 0 Å². The summed E-state index contributed by atoms with van der Waals surface area (Å²) in [6, 6.07) is 10.1. The molecule has 0 amide bonds. The molecule has 0 unspecified atom stereocenters. The molecule has 0 aliphatic carbocycles. The third-order valence-corrected chi connectivity index (χ3v) is 3.75. The summed E-state index contributed by atoms with van der Waals surface area (Å²) in [5.74, 6) is 0. The van der Waals surface area contributed by atoms with E-state index in [4.69, 9.17) is 23.7 Å². The van der Waals surface area contributed by atoms with Crippen LogP contribution in [0, 0.1) is 0 Å². The molecule has 2 rings (SSSR count). The molecule has 0 radical (unpaired) electrons. The fourth-order valence-electron chi connectivity index (χ4n) is 2.82. The van der Waals surface area contributed by atoms with Crippen molar-refractivity contribution in [3.05, 3.63) is 35.9 Å². The highest BCUT2D eigenvalue weighted by Gasteiger charge is 2.47. The van der Waals surface area contributed by atoms with Gasteiger partial charge in [-0.25, -0.2) is 0 Å². The van der Waals surface area contributed by atoms with E-state index in [0.29, 0.717) is 13.2 Å². The lowest BCUT2D eigenvalue weighted by Gasteiger charge is -2.27. The van der Waals surface area contributed by atoms with Crippen LogP contribution < -0.4 is 0 Å². The smallest absolute Gasteiger partial charge is 0.186 e. The number of rotatable bonds is 9. The van der Waals surface area contributed by atoms with E-state index in [-0.39, 0.29) is 30.5 Å². The number of benzene rings is 1. The molecule has 4 atom stereocenters. The average Bonchev–Trinajstić information content (AvgIpc) is 2.85. The summed E-state index contributed by atoms with van der Waals surface area (Å²) in [6.45, 7) is 8.99. The molecule has 1 heterocycles. The Labute approximate surface area is 145 Å². The van der Waals surface area contributed by atoms with Gasteiger partial charge in [-0.3, -0.25) is 0 Å². The van der Waals surface area contributed by atoms with Gasteiger partial charge >= 0.3 is 0 Å². The van der Waals surface area contributed by atoms with Crippen LogP contribution >= 0.6 is 0 Å². The number of hydrogen-bond donors (Lipinski definition) is 0. The summed E-state index contributed by atoms with van der Waals surface area (Å²) in [4.78, 5) is 0. The Hall–Kier alpha value is -0.980. The molecule has 1 aromatic carbocycles. The molecule has 0 aromatic heterocycles. The predicted molar refractivity (Wildman–Crippen MR) is 91.8 cm³/mol. The van der Waals surface area contributed by atoms with Crippen molar-refractivity contribution >= 4 is 0 Å². The average molecular weight is 338 g/mol. The Morgan fingerprint density at radius 3 is 2.17 bits per heavy atom. The van der Waals surface area contributed by atoms with E-state index in [1.807, 2.05) is 58.0 Å². The maximum absolute atomic E-state index is 6.06. The van der Waals surface area contributed by atoms with E-state index in [1.165, 1.54) is 0 Å². The number of methoxy groups -OCH3 is 1. The first-order valence-corrected chi connectivity index (χ1v) is 8.62. The van der Waals surface area contributed by atoms with Gasteiger partial charge in [0.05, 0.1) is 25.4 Å². The zero-order chi connectivity index (χ0) is 17.5. The van der Waals surface area contributed by atoms with E-state index < -0.39 is 6.29 Å². The lowest BCUT2D eigenvalue weighted by Crippen LogP contribution is -2.42. The summed E-state index contributed by atoms with van der Waals surface area (Å²) >= 11 is 0. The molecule has 1 fully saturated rings. The Balaban J connectivity index is 1.97. The molecule has 0 spiro atoms. The van der Waals surface area contributed by atoms with E-state index in [9.17, 15) is 0 Å². The van der Waals surface area contributed by atoms with Crippen LogP contribution in [0.4, 0.5) is 0 Å². The van der Waals surface area contributed by atoms with Gasteiger partial charge in [-0.2, -0.15) is 0 Å². The normalized spacial score (nSPS) is 27.3. The second-order valence-corrected chi connectivity index (χ2v) is 6.58. The standard InChI is InChI=1S/C19H30O5/c1-13(2)22-17-16(12-21-11-15-9-7-6-8-10-15)24-19(20-5)18(17)23-14(3)4/h6-10,13-14,16-19H,11-12H2,1-5H3/t16-,17-,18-,19-/m1/s1. The molecule has 1 aliphatic rings. The van der Waals surface area contributed by atoms with Crippen LogP contribution in [0.1, 0.15) is 33.3 Å². The lowest BCUT2D eigenvalue weighted by atomic mass is 10.1. The van der Waals surface area contributed by atoms with Gasteiger partial charge in [-0.05, 0) is 33.3 Å². The van der Waals surface area contributed by atoms with Crippen LogP contribution in [0.2, 0.25) is 0 Å². The topological polar surface area (TPSA) is 46.2 Å². The number of ether oxygens (including phenoxy) is 5. The van der Waals surface area contributed by atoms with Crippen LogP contribution in [-0.4, -0.2) is 50.5 Å². The van der Waals surface area contributed by atoms with E-state index in [1.54, 1.807) is 7.11 Å². The third kappa shape index (κ3) is 5.53. The summed E-state index contributed by atoms with van der Waals surface area (Å²) in [5.41, 5.74) is 1.13. The molecule has 1 aliphatic heterocycles. The first-order valence-electron chi connectivity index (χ1n) is 8.62. The summed E-state index contributed by atoms with van der Waals surface area (Å²) in [7, 11) is 1.63. The van der Waals surface area contributed by atoms with Crippen LogP contribution in [0.5, 0.6) is 0 Å². The van der Waals surface area contributed by atoms with Crippen molar-refractivity contribution in [1.82, 2.24) is 0 Å². The van der Waals surface area contributed by atoms with Gasteiger partial charge in [0.15, 0.2) is 6.29 Å². The van der Waals surface area contributed by atoms with Crippen molar-refractivity contribution in [3.8, 4) is 0 Å². The maximum Gasteiger partial charge on any atom is 0.186 e. The van der Waals surface area contributed by atoms with Gasteiger partial charge in [0.25, 0.3) is 0 Å². The Morgan fingerprint density at radius 2 is 1.58 bits per heavy atom. The minimum atomic E-state index is -0.443. The van der Waals surface area contributed by atoms with Crippen molar-refractivity contribution in [2.24, 2.45) is 0 Å². The minimum Gasteiger partial charge on any atom is -0.374 e. The minimum absolute atomic E-state index is 0.0681. The van der Waals surface area contributed by atoms with Crippen molar-refractivity contribution < 1.29 is 23.7 Å². The molecule has 1 saturated heterocycles. The van der Waals surface area contributed by atoms with Gasteiger partial charge in [0, 0.05) is 7.11 Å². The highest BCUT2D eigenvalue weighted by atomic mass is 16.7. The highest BCUT2D eigenvalue weighted by Crippen LogP contribution is 2.29. The predicted octanol–water partition coefficient (Wildman–Crippen LogP) is 3.16. The third-order valence-electron chi connectivity index (χ3n) is 3.75. The first-order chi connectivity index (χ1) is 11.5. The van der Waals surface area contributed by atoms with Crippen molar-refractivity contribution in [2.45, 2.75) is 71.1 Å². The molecular formula is C19H30O5. The number of hydrogen-bond acceptors (Lipinski definition) is 5. The Bertz CT molecular complexity index is 462. The molecule has 0 N–H and O–H groups in total. The fraction of sp³-hybridized carbons (Fsp3) is 0.684. The van der Waals surface area contributed by atoms with Gasteiger partial charge in [-0.1, -0.05) is 30.3 Å². The molecule has 0 bridgehead atoms. The van der Waals surface area contributed by atoms with Crippen LogP contribution in [-0.2, 0) is 30.3 Å². The summed E-state index contributed by atoms with van der Waals surface area (Å²) < 4.78 is 29.3. The molecular weight excluding hydrogens is 308 g/mol. The summed E-state index contributed by atoms with van der Waals surface area (Å²) in [5, 5.41) is 0. The largest absolute Gasteiger partial charge is 0.374 e. The maximum atomic E-state index is 6.06. The van der Waals surface area contributed by atoms with Gasteiger partial charge in [0.1, 0.15) is 18.3 Å². The van der Waals surface area contributed by atoms with E-state index in [0.717, 1.165) is 5.56 Å². The Kier molecular flexibility index (Phi) is 7.65.